The third-order valence-electron chi connectivity index (χ3n) is 5.97. The summed E-state index contributed by atoms with van der Waals surface area (Å²) < 4.78 is 29.3. The summed E-state index contributed by atoms with van der Waals surface area (Å²) in [4.78, 5) is 28.3. The van der Waals surface area contributed by atoms with Gasteiger partial charge in [-0.2, -0.15) is 4.31 Å². The van der Waals surface area contributed by atoms with Gasteiger partial charge in [-0.15, -0.1) is 0 Å². The van der Waals surface area contributed by atoms with Gasteiger partial charge in [-0.3, -0.25) is 14.1 Å². The molecule has 2 heterocycles. The molecule has 1 aliphatic rings. The Balaban J connectivity index is 1.73. The Labute approximate surface area is 209 Å². The van der Waals surface area contributed by atoms with E-state index in [4.69, 9.17) is 26.1 Å². The topological polar surface area (TPSA) is 133 Å². The van der Waals surface area contributed by atoms with Crippen LogP contribution in [0, 0.1) is 0 Å². The highest BCUT2D eigenvalue weighted by Gasteiger charge is 2.31. The van der Waals surface area contributed by atoms with E-state index in [9.17, 15) is 18.4 Å². The minimum absolute atomic E-state index is 0.00553. The summed E-state index contributed by atoms with van der Waals surface area (Å²) in [6.45, 7) is 0.349. The fourth-order valence-electron chi connectivity index (χ4n) is 4.05. The number of hydrogen-bond donors (Lipinski definition) is 3. The van der Waals surface area contributed by atoms with E-state index in [-0.39, 0.29) is 37.0 Å². The highest BCUT2D eigenvalue weighted by Crippen LogP contribution is 2.44. The Bertz CT molecular complexity index is 1270. The van der Waals surface area contributed by atoms with Gasteiger partial charge in [0.05, 0.1) is 23.2 Å². The highest BCUT2D eigenvalue weighted by molar-refractivity contribution is 7.76. The number of benzene rings is 1. The first-order valence-corrected chi connectivity index (χ1v) is 12.7. The molecule has 35 heavy (non-hydrogen) atoms. The average molecular weight is 520 g/mol. The van der Waals surface area contributed by atoms with Crippen molar-refractivity contribution in [2.24, 2.45) is 0 Å². The first-order valence-electron chi connectivity index (χ1n) is 11.3. The number of carbonyl (C=O) groups excluding carboxylic acids is 1. The highest BCUT2D eigenvalue weighted by atomic mass is 35.5. The Morgan fingerprint density at radius 1 is 1.26 bits per heavy atom. The fourth-order valence-corrected chi connectivity index (χ4v) is 4.69. The molecule has 0 spiro atoms. The molecule has 1 saturated carbocycles. The minimum Gasteiger partial charge on any atom is -0.481 e. The van der Waals surface area contributed by atoms with E-state index in [1.54, 1.807) is 31.3 Å². The second-order valence-electron chi connectivity index (χ2n) is 8.49. The number of unbranched alkanes of at least 4 members (excludes halogenated alkanes) is 1. The van der Waals surface area contributed by atoms with Crippen LogP contribution in [0.1, 0.15) is 59.6 Å². The SMILES string of the molecule is CNC(=O)c1c(-c2ccc(Cl)cc2)oc2nc(CN(CCCCC(=O)O)S(=O)O)c(C3CC3)cc12. The molecule has 1 aliphatic carbocycles. The molecular weight excluding hydrogens is 494 g/mol. The lowest BCUT2D eigenvalue weighted by Gasteiger charge is -2.18. The van der Waals surface area contributed by atoms with Gasteiger partial charge in [0.15, 0.2) is 0 Å². The number of carbonyl (C=O) groups is 2. The van der Waals surface area contributed by atoms with Gasteiger partial charge in [0.1, 0.15) is 5.76 Å². The van der Waals surface area contributed by atoms with E-state index >= 15 is 0 Å². The van der Waals surface area contributed by atoms with Crippen LogP contribution in [0.25, 0.3) is 22.4 Å². The maximum Gasteiger partial charge on any atom is 0.303 e. The molecule has 1 aromatic carbocycles. The van der Waals surface area contributed by atoms with E-state index in [2.05, 4.69) is 5.32 Å². The van der Waals surface area contributed by atoms with Crippen LogP contribution in [0.15, 0.2) is 34.7 Å². The Hall–Kier alpha value is -2.79. The number of carboxylic acids is 1. The normalized spacial score (nSPS) is 14.4. The van der Waals surface area contributed by atoms with Crippen LogP contribution in [0.2, 0.25) is 5.02 Å². The largest absolute Gasteiger partial charge is 0.481 e. The van der Waals surface area contributed by atoms with Crippen LogP contribution in [0.3, 0.4) is 0 Å². The summed E-state index contributed by atoms with van der Waals surface area (Å²) in [6.07, 6.45) is 2.81. The zero-order chi connectivity index (χ0) is 25.1. The van der Waals surface area contributed by atoms with Crippen molar-refractivity contribution in [3.05, 3.63) is 52.2 Å². The Morgan fingerprint density at radius 2 is 1.97 bits per heavy atom. The molecule has 0 bridgehead atoms. The summed E-state index contributed by atoms with van der Waals surface area (Å²) in [5.74, 6) is -0.569. The monoisotopic (exact) mass is 519 g/mol. The van der Waals surface area contributed by atoms with Gasteiger partial charge in [-0.05, 0) is 67.5 Å². The summed E-state index contributed by atoms with van der Waals surface area (Å²) in [7, 11) is 1.55. The van der Waals surface area contributed by atoms with Crippen LogP contribution in [-0.4, -0.2) is 48.6 Å². The smallest absolute Gasteiger partial charge is 0.303 e. The summed E-state index contributed by atoms with van der Waals surface area (Å²) >= 11 is 3.77. The lowest BCUT2D eigenvalue weighted by atomic mass is 10.0. The van der Waals surface area contributed by atoms with Crippen molar-refractivity contribution in [1.82, 2.24) is 14.6 Å². The molecule has 186 valence electrons. The number of amides is 1. The van der Waals surface area contributed by atoms with Crippen LogP contribution in [-0.2, 0) is 22.6 Å². The number of nitrogens with one attached hydrogen (secondary N) is 1. The van der Waals surface area contributed by atoms with Crippen molar-refractivity contribution < 1.29 is 27.9 Å². The second-order valence-corrected chi connectivity index (χ2v) is 9.90. The quantitative estimate of drug-likeness (QED) is 0.249. The zero-order valence-corrected chi connectivity index (χ0v) is 20.7. The van der Waals surface area contributed by atoms with Crippen molar-refractivity contribution in [3.8, 4) is 11.3 Å². The van der Waals surface area contributed by atoms with E-state index in [1.807, 2.05) is 6.07 Å². The number of carboxylic acid groups (broad SMARTS) is 1. The molecule has 11 heteroatoms. The second kappa shape index (κ2) is 10.9. The lowest BCUT2D eigenvalue weighted by Crippen LogP contribution is -2.27. The van der Waals surface area contributed by atoms with Gasteiger partial charge in [-0.25, -0.2) is 9.19 Å². The summed E-state index contributed by atoms with van der Waals surface area (Å²) in [5, 5.41) is 12.6. The molecule has 1 atom stereocenters. The Kier molecular flexibility index (Phi) is 7.85. The van der Waals surface area contributed by atoms with Crippen molar-refractivity contribution >= 4 is 45.8 Å². The number of aliphatic carboxylic acids is 1. The van der Waals surface area contributed by atoms with E-state index in [0.29, 0.717) is 45.8 Å². The van der Waals surface area contributed by atoms with E-state index in [0.717, 1.165) is 18.4 Å². The molecular formula is C24H26ClN3O6S. The van der Waals surface area contributed by atoms with Gasteiger partial charge in [-0.1, -0.05) is 11.6 Å². The number of fused-ring (bicyclic) bond motifs is 1. The van der Waals surface area contributed by atoms with Crippen molar-refractivity contribution in [2.75, 3.05) is 13.6 Å². The van der Waals surface area contributed by atoms with E-state index in [1.165, 1.54) is 4.31 Å². The van der Waals surface area contributed by atoms with Gasteiger partial charge in [0, 0.05) is 30.6 Å². The number of furan rings is 1. The van der Waals surface area contributed by atoms with Gasteiger partial charge in [0.25, 0.3) is 5.91 Å². The third kappa shape index (κ3) is 5.90. The standard InChI is InChI=1S/C24H26ClN3O6S/c1-26-23(31)21-18-12-17(14-5-6-14)19(13-28(35(32)33)11-3-2-4-20(29)30)27-24(18)34-22(21)15-7-9-16(25)10-8-15/h7-10,12,14H,2-6,11,13H2,1H3,(H,26,31)(H,29,30)(H,32,33). The minimum atomic E-state index is -2.25. The third-order valence-corrected chi connectivity index (χ3v) is 6.97. The maximum absolute atomic E-state index is 12.8. The first-order chi connectivity index (χ1) is 16.8. The van der Waals surface area contributed by atoms with Crippen LogP contribution in [0.5, 0.6) is 0 Å². The zero-order valence-electron chi connectivity index (χ0n) is 19.1. The van der Waals surface area contributed by atoms with E-state index < -0.39 is 17.2 Å². The van der Waals surface area contributed by atoms with Crippen molar-refractivity contribution in [2.45, 2.75) is 44.6 Å². The van der Waals surface area contributed by atoms with Crippen LogP contribution >= 0.6 is 11.6 Å². The molecule has 0 radical (unpaired) electrons. The molecule has 1 fully saturated rings. The number of hydrogen-bond acceptors (Lipinski definition) is 5. The van der Waals surface area contributed by atoms with Crippen LogP contribution < -0.4 is 5.32 Å². The summed E-state index contributed by atoms with van der Waals surface area (Å²) in [5.41, 5.74) is 2.86. The molecule has 1 amide bonds. The van der Waals surface area contributed by atoms with Gasteiger partial charge < -0.3 is 14.8 Å². The number of pyridine rings is 1. The molecule has 1 unspecified atom stereocenters. The molecule has 4 rings (SSSR count). The van der Waals surface area contributed by atoms with Gasteiger partial charge in [0.2, 0.25) is 17.0 Å². The number of nitrogens with zero attached hydrogens (tertiary/aromatic N) is 2. The molecule has 9 nitrogen and oxygen atoms in total. The predicted octanol–water partition coefficient (Wildman–Crippen LogP) is 4.58. The molecule has 3 aromatic rings. The number of aromatic nitrogens is 1. The number of halogens is 1. The maximum atomic E-state index is 12.8. The molecule has 3 N–H and O–H groups in total. The predicted molar refractivity (Wildman–Crippen MR) is 132 cm³/mol. The fraction of sp³-hybridized carbons (Fsp3) is 0.375. The number of rotatable bonds is 11. The van der Waals surface area contributed by atoms with Crippen LogP contribution in [0.4, 0.5) is 0 Å². The molecule has 0 saturated heterocycles. The van der Waals surface area contributed by atoms with Crippen molar-refractivity contribution in [1.29, 1.82) is 0 Å². The first kappa shape index (κ1) is 25.3. The molecule has 2 aromatic heterocycles. The van der Waals surface area contributed by atoms with Gasteiger partial charge >= 0.3 is 5.97 Å². The summed E-state index contributed by atoms with van der Waals surface area (Å²) in [6, 6.07) is 8.87. The molecule has 0 aliphatic heterocycles. The average Bonchev–Trinajstić information content (AvgIpc) is 3.60. The lowest BCUT2D eigenvalue weighted by molar-refractivity contribution is -0.137. The van der Waals surface area contributed by atoms with Crippen molar-refractivity contribution in [3.63, 3.8) is 0 Å². The Morgan fingerprint density at radius 3 is 2.57 bits per heavy atom.